The summed E-state index contributed by atoms with van der Waals surface area (Å²) in [5.41, 5.74) is 5.60. The number of benzene rings is 1. The van der Waals surface area contributed by atoms with Gasteiger partial charge in [0.05, 0.1) is 0 Å². The molecular formula is C12H19FN2. The molecule has 1 aromatic rings. The van der Waals surface area contributed by atoms with Crippen molar-refractivity contribution in [3.05, 3.63) is 29.8 Å². The van der Waals surface area contributed by atoms with Crippen molar-refractivity contribution >= 4 is 5.69 Å². The summed E-state index contributed by atoms with van der Waals surface area (Å²) in [5.74, 6) is 0. The molecule has 0 aromatic heterocycles. The van der Waals surface area contributed by atoms with Gasteiger partial charge in [-0.05, 0) is 45.1 Å². The van der Waals surface area contributed by atoms with Gasteiger partial charge >= 0.3 is 0 Å². The minimum absolute atomic E-state index is 0.476. The number of nitrogens with two attached hydrogens (primary N) is 1. The third-order valence-electron chi connectivity index (χ3n) is 2.52. The third-order valence-corrected chi connectivity index (χ3v) is 2.52. The normalized spacial score (nSPS) is 15.3. The molecule has 0 saturated carbocycles. The fraction of sp³-hybridized carbons (Fsp3) is 0.500. The second-order valence-corrected chi connectivity index (χ2v) is 4.38. The highest BCUT2D eigenvalue weighted by atomic mass is 19.1. The minimum Gasteiger partial charge on any atom is -0.399 e. The highest BCUT2D eigenvalue weighted by molar-refractivity contribution is 5.42. The van der Waals surface area contributed by atoms with Crippen LogP contribution in [0, 0.1) is 0 Å². The van der Waals surface area contributed by atoms with Gasteiger partial charge in [-0.2, -0.15) is 0 Å². The summed E-state index contributed by atoms with van der Waals surface area (Å²) in [6, 6.07) is 7.05. The minimum atomic E-state index is -1.31. The lowest BCUT2D eigenvalue weighted by Gasteiger charge is -2.23. The Labute approximate surface area is 90.9 Å². The summed E-state index contributed by atoms with van der Waals surface area (Å²) in [4.78, 5) is 1.98. The Hall–Kier alpha value is -1.09. The van der Waals surface area contributed by atoms with Crippen LogP contribution in [-0.4, -0.2) is 25.5 Å². The molecule has 84 valence electrons. The summed E-state index contributed by atoms with van der Waals surface area (Å²) in [7, 11) is 3.88. The maximum atomic E-state index is 14.3. The average molecular weight is 210 g/mol. The quantitative estimate of drug-likeness (QED) is 0.773. The van der Waals surface area contributed by atoms with Crippen molar-refractivity contribution in [3.8, 4) is 0 Å². The number of anilines is 1. The van der Waals surface area contributed by atoms with Gasteiger partial charge in [-0.1, -0.05) is 12.1 Å². The molecule has 0 saturated heterocycles. The van der Waals surface area contributed by atoms with E-state index in [1.165, 1.54) is 0 Å². The standard InChI is InChI=1S/C12H19FN2/c1-12(13,7-8-15(2)3)10-5-4-6-11(14)9-10/h4-6,9H,7-8,14H2,1-3H3. The molecule has 2 N–H and O–H groups in total. The van der Waals surface area contributed by atoms with E-state index in [0.717, 1.165) is 6.54 Å². The van der Waals surface area contributed by atoms with Gasteiger partial charge in [-0.25, -0.2) is 4.39 Å². The van der Waals surface area contributed by atoms with Crippen molar-refractivity contribution in [2.45, 2.75) is 19.0 Å². The second-order valence-electron chi connectivity index (χ2n) is 4.38. The van der Waals surface area contributed by atoms with Gasteiger partial charge in [-0.15, -0.1) is 0 Å². The number of halogens is 1. The first-order valence-electron chi connectivity index (χ1n) is 5.11. The molecule has 0 bridgehead atoms. The van der Waals surface area contributed by atoms with Crippen LogP contribution in [0.5, 0.6) is 0 Å². The first-order valence-corrected chi connectivity index (χ1v) is 5.11. The van der Waals surface area contributed by atoms with Crippen molar-refractivity contribution in [2.75, 3.05) is 26.4 Å². The van der Waals surface area contributed by atoms with Crippen LogP contribution in [0.1, 0.15) is 18.9 Å². The molecule has 1 unspecified atom stereocenters. The fourth-order valence-electron chi connectivity index (χ4n) is 1.44. The van der Waals surface area contributed by atoms with Crippen molar-refractivity contribution in [2.24, 2.45) is 0 Å². The van der Waals surface area contributed by atoms with Gasteiger partial charge in [-0.3, -0.25) is 0 Å². The van der Waals surface area contributed by atoms with E-state index >= 15 is 0 Å². The number of nitrogens with zero attached hydrogens (tertiary/aromatic N) is 1. The van der Waals surface area contributed by atoms with Gasteiger partial charge < -0.3 is 10.6 Å². The van der Waals surface area contributed by atoms with Crippen molar-refractivity contribution in [1.29, 1.82) is 0 Å². The number of nitrogen functional groups attached to an aromatic ring is 1. The Morgan fingerprint density at radius 3 is 2.60 bits per heavy atom. The first-order chi connectivity index (χ1) is 6.92. The Morgan fingerprint density at radius 1 is 1.40 bits per heavy atom. The molecule has 2 nitrogen and oxygen atoms in total. The van der Waals surface area contributed by atoms with Crippen LogP contribution >= 0.6 is 0 Å². The van der Waals surface area contributed by atoms with E-state index < -0.39 is 5.67 Å². The highest BCUT2D eigenvalue weighted by Crippen LogP contribution is 2.30. The Balaban J connectivity index is 2.76. The van der Waals surface area contributed by atoms with Crippen molar-refractivity contribution < 1.29 is 4.39 Å². The summed E-state index contributed by atoms with van der Waals surface area (Å²) in [5, 5.41) is 0. The van der Waals surface area contributed by atoms with Gasteiger partial charge in [0.1, 0.15) is 5.67 Å². The number of alkyl halides is 1. The molecule has 1 aromatic carbocycles. The van der Waals surface area contributed by atoms with Crippen LogP contribution in [0.3, 0.4) is 0 Å². The van der Waals surface area contributed by atoms with E-state index in [4.69, 9.17) is 5.73 Å². The molecule has 15 heavy (non-hydrogen) atoms. The van der Waals surface area contributed by atoms with Crippen LogP contribution in [0.15, 0.2) is 24.3 Å². The van der Waals surface area contributed by atoms with Gasteiger partial charge in [0, 0.05) is 12.2 Å². The van der Waals surface area contributed by atoms with E-state index in [0.29, 0.717) is 17.7 Å². The van der Waals surface area contributed by atoms with Crippen LogP contribution in [0.25, 0.3) is 0 Å². The number of hydrogen-bond acceptors (Lipinski definition) is 2. The molecule has 1 atom stereocenters. The van der Waals surface area contributed by atoms with Crippen LogP contribution in [0.4, 0.5) is 10.1 Å². The molecule has 0 radical (unpaired) electrons. The van der Waals surface area contributed by atoms with E-state index in [1.54, 1.807) is 31.2 Å². The SMILES string of the molecule is CN(C)CCC(C)(F)c1cccc(N)c1. The predicted molar refractivity (Wildman–Crippen MR) is 62.5 cm³/mol. The maximum absolute atomic E-state index is 14.3. The lowest BCUT2D eigenvalue weighted by molar-refractivity contribution is 0.159. The summed E-state index contributed by atoms with van der Waals surface area (Å²) < 4.78 is 14.3. The molecule has 3 heteroatoms. The summed E-state index contributed by atoms with van der Waals surface area (Å²) >= 11 is 0. The fourth-order valence-corrected chi connectivity index (χ4v) is 1.44. The van der Waals surface area contributed by atoms with Gasteiger partial charge in [0.25, 0.3) is 0 Å². The summed E-state index contributed by atoms with van der Waals surface area (Å²) in [6.45, 7) is 2.33. The van der Waals surface area contributed by atoms with E-state index in [9.17, 15) is 4.39 Å². The molecule has 0 aliphatic heterocycles. The van der Waals surface area contributed by atoms with E-state index in [1.807, 2.05) is 19.0 Å². The molecule has 0 aliphatic rings. The zero-order valence-corrected chi connectivity index (χ0v) is 9.63. The lowest BCUT2D eigenvalue weighted by atomic mass is 9.94. The lowest BCUT2D eigenvalue weighted by Crippen LogP contribution is -2.23. The van der Waals surface area contributed by atoms with Gasteiger partial charge in [0.15, 0.2) is 0 Å². The van der Waals surface area contributed by atoms with Crippen molar-refractivity contribution in [1.82, 2.24) is 4.90 Å². The molecule has 1 rings (SSSR count). The smallest absolute Gasteiger partial charge is 0.134 e. The molecule has 0 heterocycles. The van der Waals surface area contributed by atoms with Crippen LogP contribution < -0.4 is 5.73 Å². The maximum Gasteiger partial charge on any atom is 0.134 e. The number of rotatable bonds is 4. The molecule has 0 amide bonds. The third kappa shape index (κ3) is 3.51. The van der Waals surface area contributed by atoms with Crippen LogP contribution in [-0.2, 0) is 5.67 Å². The predicted octanol–water partition coefficient (Wildman–Crippen LogP) is 2.41. The molecule has 0 fully saturated rings. The Kier molecular flexibility index (Phi) is 3.69. The first kappa shape index (κ1) is 12.0. The largest absolute Gasteiger partial charge is 0.399 e. The van der Waals surface area contributed by atoms with Gasteiger partial charge in [0.2, 0.25) is 0 Å². The molecule has 0 aliphatic carbocycles. The van der Waals surface area contributed by atoms with E-state index in [2.05, 4.69) is 0 Å². The monoisotopic (exact) mass is 210 g/mol. The van der Waals surface area contributed by atoms with Crippen LogP contribution in [0.2, 0.25) is 0 Å². The average Bonchev–Trinajstić information content (AvgIpc) is 2.15. The molecular weight excluding hydrogens is 191 g/mol. The van der Waals surface area contributed by atoms with E-state index in [-0.39, 0.29) is 0 Å². The zero-order valence-electron chi connectivity index (χ0n) is 9.63. The number of hydrogen-bond donors (Lipinski definition) is 1. The van der Waals surface area contributed by atoms with Crippen molar-refractivity contribution in [3.63, 3.8) is 0 Å². The zero-order chi connectivity index (χ0) is 11.5. The summed E-state index contributed by atoms with van der Waals surface area (Å²) in [6.07, 6.45) is 0.476. The highest BCUT2D eigenvalue weighted by Gasteiger charge is 2.25. The topological polar surface area (TPSA) is 29.3 Å². The second kappa shape index (κ2) is 4.62. The Bertz CT molecular complexity index is 321. The molecule has 0 spiro atoms. The Morgan fingerprint density at radius 2 is 2.07 bits per heavy atom.